The van der Waals surface area contributed by atoms with Crippen LogP contribution in [-0.2, 0) is 13.1 Å². The summed E-state index contributed by atoms with van der Waals surface area (Å²) in [6.07, 6.45) is 3.29. The van der Waals surface area contributed by atoms with Crippen LogP contribution in [0.2, 0.25) is 0 Å². The standard InChI is InChI=1S/C11H16N4O.ClH/c16-11(13-8-2-3-8)10-6-9-7-12-4-1-5-15(9)14-10;/h6,8,12H,1-5,7H2,(H,13,16);1H. The summed E-state index contributed by atoms with van der Waals surface area (Å²) in [5.74, 6) is -0.0249. The van der Waals surface area contributed by atoms with E-state index in [1.807, 2.05) is 10.7 Å². The molecule has 1 aliphatic heterocycles. The Morgan fingerprint density at radius 2 is 2.35 bits per heavy atom. The molecule has 0 aromatic carbocycles. The molecule has 1 aliphatic carbocycles. The Hall–Kier alpha value is -1.07. The van der Waals surface area contributed by atoms with Crippen LogP contribution in [0.1, 0.15) is 35.4 Å². The number of hydrogen-bond acceptors (Lipinski definition) is 3. The molecule has 5 nitrogen and oxygen atoms in total. The van der Waals surface area contributed by atoms with Crippen molar-refractivity contribution in [2.45, 2.75) is 38.4 Å². The van der Waals surface area contributed by atoms with E-state index in [9.17, 15) is 4.79 Å². The second-order valence-corrected chi connectivity index (χ2v) is 4.52. The summed E-state index contributed by atoms with van der Waals surface area (Å²) < 4.78 is 1.95. The fourth-order valence-electron chi connectivity index (χ4n) is 1.96. The molecule has 6 heteroatoms. The van der Waals surface area contributed by atoms with Crippen LogP contribution in [0.3, 0.4) is 0 Å². The third-order valence-electron chi connectivity index (χ3n) is 3.04. The average Bonchev–Trinajstić information content (AvgIpc) is 3.03. The zero-order valence-corrected chi connectivity index (χ0v) is 10.4. The van der Waals surface area contributed by atoms with Crippen molar-refractivity contribution in [1.82, 2.24) is 20.4 Å². The van der Waals surface area contributed by atoms with Gasteiger partial charge in [-0.05, 0) is 31.9 Å². The first kappa shape index (κ1) is 12.4. The van der Waals surface area contributed by atoms with Crippen molar-refractivity contribution in [2.24, 2.45) is 0 Å². The van der Waals surface area contributed by atoms with Crippen LogP contribution in [0.25, 0.3) is 0 Å². The van der Waals surface area contributed by atoms with Crippen molar-refractivity contribution >= 4 is 18.3 Å². The number of hydrogen-bond donors (Lipinski definition) is 2. The van der Waals surface area contributed by atoms with Gasteiger partial charge in [0.05, 0.1) is 5.69 Å². The van der Waals surface area contributed by atoms with Gasteiger partial charge in [-0.3, -0.25) is 9.48 Å². The predicted molar refractivity (Wildman–Crippen MR) is 66.3 cm³/mol. The Bertz CT molecular complexity index is 390. The minimum Gasteiger partial charge on any atom is -0.348 e. The van der Waals surface area contributed by atoms with Crippen LogP contribution in [0.15, 0.2) is 6.07 Å². The molecular weight excluding hydrogens is 240 g/mol. The predicted octanol–water partition coefficient (Wildman–Crippen LogP) is 0.690. The molecule has 94 valence electrons. The summed E-state index contributed by atoms with van der Waals surface area (Å²) in [6.45, 7) is 2.73. The topological polar surface area (TPSA) is 59.0 Å². The normalized spacial score (nSPS) is 18.8. The lowest BCUT2D eigenvalue weighted by Crippen LogP contribution is -2.26. The number of rotatable bonds is 2. The zero-order valence-electron chi connectivity index (χ0n) is 9.61. The molecule has 0 radical (unpaired) electrons. The minimum absolute atomic E-state index is 0. The van der Waals surface area contributed by atoms with Gasteiger partial charge in [-0.15, -0.1) is 12.4 Å². The molecule has 2 heterocycles. The smallest absolute Gasteiger partial charge is 0.272 e. The van der Waals surface area contributed by atoms with E-state index in [2.05, 4.69) is 15.7 Å². The summed E-state index contributed by atoms with van der Waals surface area (Å²) in [7, 11) is 0. The monoisotopic (exact) mass is 256 g/mol. The Kier molecular flexibility index (Phi) is 3.69. The van der Waals surface area contributed by atoms with E-state index in [-0.39, 0.29) is 18.3 Å². The quantitative estimate of drug-likeness (QED) is 0.819. The Morgan fingerprint density at radius 1 is 1.53 bits per heavy atom. The maximum absolute atomic E-state index is 11.8. The van der Waals surface area contributed by atoms with Gasteiger partial charge in [0.1, 0.15) is 5.69 Å². The Morgan fingerprint density at radius 3 is 3.12 bits per heavy atom. The zero-order chi connectivity index (χ0) is 11.0. The van der Waals surface area contributed by atoms with Gasteiger partial charge in [-0.1, -0.05) is 0 Å². The lowest BCUT2D eigenvalue weighted by Gasteiger charge is -2.00. The first-order chi connectivity index (χ1) is 7.83. The van der Waals surface area contributed by atoms with Crippen molar-refractivity contribution < 1.29 is 4.79 Å². The van der Waals surface area contributed by atoms with E-state index in [0.717, 1.165) is 44.6 Å². The molecular formula is C11H17ClN4O. The minimum atomic E-state index is -0.0249. The summed E-state index contributed by atoms with van der Waals surface area (Å²) in [5.41, 5.74) is 1.67. The molecule has 0 spiro atoms. The molecule has 1 saturated carbocycles. The van der Waals surface area contributed by atoms with Gasteiger partial charge in [-0.25, -0.2) is 0 Å². The van der Waals surface area contributed by atoms with Crippen LogP contribution in [0, 0.1) is 0 Å². The number of carbonyl (C=O) groups is 1. The lowest BCUT2D eigenvalue weighted by atomic mass is 10.3. The second kappa shape index (κ2) is 5.06. The van der Waals surface area contributed by atoms with Gasteiger partial charge >= 0.3 is 0 Å². The second-order valence-electron chi connectivity index (χ2n) is 4.52. The summed E-state index contributed by atoms with van der Waals surface area (Å²) in [5, 5.41) is 10.6. The van der Waals surface area contributed by atoms with Crippen LogP contribution in [-0.4, -0.2) is 28.3 Å². The SMILES string of the molecule is Cl.O=C(NC1CC1)c1cc2n(n1)CCCNC2. The Balaban J connectivity index is 0.00000108. The fraction of sp³-hybridized carbons (Fsp3) is 0.636. The Labute approximate surface area is 106 Å². The van der Waals surface area contributed by atoms with Crippen LogP contribution in [0.5, 0.6) is 0 Å². The molecule has 0 unspecified atom stereocenters. The van der Waals surface area contributed by atoms with Gasteiger partial charge in [0.2, 0.25) is 0 Å². The first-order valence-corrected chi connectivity index (χ1v) is 5.91. The van der Waals surface area contributed by atoms with Crippen molar-refractivity contribution in [3.05, 3.63) is 17.5 Å². The van der Waals surface area contributed by atoms with Crippen molar-refractivity contribution in [3.63, 3.8) is 0 Å². The van der Waals surface area contributed by atoms with Crippen molar-refractivity contribution in [2.75, 3.05) is 6.54 Å². The number of carbonyl (C=O) groups excluding carboxylic acids is 1. The third-order valence-corrected chi connectivity index (χ3v) is 3.04. The van der Waals surface area contributed by atoms with Gasteiger partial charge in [0, 0.05) is 19.1 Å². The van der Waals surface area contributed by atoms with E-state index >= 15 is 0 Å². The molecule has 0 bridgehead atoms. The molecule has 1 amide bonds. The molecule has 3 rings (SSSR count). The number of nitrogens with one attached hydrogen (secondary N) is 2. The van der Waals surface area contributed by atoms with E-state index in [0.29, 0.717) is 11.7 Å². The molecule has 1 fully saturated rings. The number of aryl methyl sites for hydroxylation is 1. The van der Waals surface area contributed by atoms with Crippen molar-refractivity contribution in [3.8, 4) is 0 Å². The molecule has 0 atom stereocenters. The van der Waals surface area contributed by atoms with Gasteiger partial charge < -0.3 is 10.6 Å². The largest absolute Gasteiger partial charge is 0.348 e. The average molecular weight is 257 g/mol. The maximum atomic E-state index is 11.8. The van der Waals surface area contributed by atoms with E-state index < -0.39 is 0 Å². The molecule has 2 N–H and O–H groups in total. The summed E-state index contributed by atoms with van der Waals surface area (Å²) in [6, 6.07) is 2.29. The fourth-order valence-corrected chi connectivity index (χ4v) is 1.96. The first-order valence-electron chi connectivity index (χ1n) is 5.91. The lowest BCUT2D eigenvalue weighted by molar-refractivity contribution is 0.0945. The molecule has 0 saturated heterocycles. The van der Waals surface area contributed by atoms with Crippen LogP contribution < -0.4 is 10.6 Å². The van der Waals surface area contributed by atoms with E-state index in [1.54, 1.807) is 0 Å². The summed E-state index contributed by atoms with van der Waals surface area (Å²) in [4.78, 5) is 11.8. The maximum Gasteiger partial charge on any atom is 0.272 e. The number of fused-ring (bicyclic) bond motifs is 1. The molecule has 2 aliphatic rings. The van der Waals surface area contributed by atoms with Gasteiger partial charge in [0.15, 0.2) is 0 Å². The highest BCUT2D eigenvalue weighted by atomic mass is 35.5. The van der Waals surface area contributed by atoms with Crippen LogP contribution >= 0.6 is 12.4 Å². The van der Waals surface area contributed by atoms with E-state index in [1.165, 1.54) is 0 Å². The van der Waals surface area contributed by atoms with Crippen LogP contribution in [0.4, 0.5) is 0 Å². The number of amides is 1. The third kappa shape index (κ3) is 2.79. The van der Waals surface area contributed by atoms with E-state index in [4.69, 9.17) is 0 Å². The number of nitrogens with zero attached hydrogens (tertiary/aromatic N) is 2. The number of aromatic nitrogens is 2. The highest BCUT2D eigenvalue weighted by Gasteiger charge is 2.25. The highest BCUT2D eigenvalue weighted by molar-refractivity contribution is 5.92. The van der Waals surface area contributed by atoms with Crippen molar-refractivity contribution in [1.29, 1.82) is 0 Å². The van der Waals surface area contributed by atoms with Gasteiger partial charge in [0.25, 0.3) is 5.91 Å². The van der Waals surface area contributed by atoms with Gasteiger partial charge in [-0.2, -0.15) is 5.10 Å². The molecule has 17 heavy (non-hydrogen) atoms. The number of halogens is 1. The highest BCUT2D eigenvalue weighted by Crippen LogP contribution is 2.19. The summed E-state index contributed by atoms with van der Waals surface area (Å²) >= 11 is 0. The molecule has 1 aromatic rings. The molecule has 1 aromatic heterocycles.